The molecule has 3 heteroatoms. The molecule has 1 aliphatic carbocycles. The molecule has 0 aromatic carbocycles. The number of halogens is 1. The van der Waals surface area contributed by atoms with Gasteiger partial charge in [-0.15, -0.1) is 0 Å². The van der Waals surface area contributed by atoms with Gasteiger partial charge in [0.2, 0.25) is 0 Å². The van der Waals surface area contributed by atoms with Crippen LogP contribution >= 0.6 is 15.9 Å². The van der Waals surface area contributed by atoms with Crippen molar-refractivity contribution in [2.45, 2.75) is 31.2 Å². The second kappa shape index (κ2) is 3.14. The van der Waals surface area contributed by atoms with Crippen LogP contribution in [-0.2, 0) is 5.41 Å². The van der Waals surface area contributed by atoms with Gasteiger partial charge in [-0.1, -0.05) is 0 Å². The quantitative estimate of drug-likeness (QED) is 0.884. The largest absolute Gasteiger partial charge is 0.454 e. The minimum Gasteiger partial charge on any atom is -0.454 e. The van der Waals surface area contributed by atoms with Crippen molar-refractivity contribution in [3.8, 4) is 0 Å². The van der Waals surface area contributed by atoms with Gasteiger partial charge in [0, 0.05) is 11.5 Å². The molecular formula is C10H14BrNO. The molecule has 1 heterocycles. The fraction of sp³-hybridized carbons (Fsp3) is 0.600. The molecule has 13 heavy (non-hydrogen) atoms. The van der Waals surface area contributed by atoms with E-state index in [-0.39, 0.29) is 5.41 Å². The second-order valence-electron chi connectivity index (χ2n) is 3.77. The van der Waals surface area contributed by atoms with E-state index in [9.17, 15) is 0 Å². The minimum absolute atomic E-state index is 0.265. The maximum Gasteiger partial charge on any atom is 0.169 e. The average molecular weight is 244 g/mol. The second-order valence-corrected chi connectivity index (χ2v) is 4.55. The Morgan fingerprint density at radius 2 is 2.23 bits per heavy atom. The van der Waals surface area contributed by atoms with Crippen LogP contribution in [-0.4, -0.2) is 13.1 Å². The smallest absolute Gasteiger partial charge is 0.169 e. The Bertz CT molecular complexity index is 304. The zero-order valence-corrected chi connectivity index (χ0v) is 9.52. The summed E-state index contributed by atoms with van der Waals surface area (Å²) in [6.07, 6.45) is 2.46. The third-order valence-corrected chi connectivity index (χ3v) is 3.54. The fourth-order valence-electron chi connectivity index (χ4n) is 1.89. The van der Waals surface area contributed by atoms with Crippen molar-refractivity contribution >= 4 is 15.9 Å². The molecule has 1 aliphatic rings. The Kier molecular flexibility index (Phi) is 2.24. The van der Waals surface area contributed by atoms with Gasteiger partial charge in [0.25, 0.3) is 0 Å². The summed E-state index contributed by atoms with van der Waals surface area (Å²) < 4.78 is 6.44. The molecule has 1 fully saturated rings. The van der Waals surface area contributed by atoms with Crippen molar-refractivity contribution in [2.24, 2.45) is 0 Å². The molecule has 0 bridgehead atoms. The summed E-state index contributed by atoms with van der Waals surface area (Å²) in [6, 6.07) is 4.54. The van der Waals surface area contributed by atoms with Crippen LogP contribution in [0.4, 0.5) is 0 Å². The Morgan fingerprint density at radius 3 is 2.62 bits per heavy atom. The van der Waals surface area contributed by atoms with Gasteiger partial charge in [0.15, 0.2) is 4.67 Å². The summed E-state index contributed by atoms with van der Waals surface area (Å²) in [4.78, 5) is 0. The van der Waals surface area contributed by atoms with E-state index in [1.807, 2.05) is 13.1 Å². The van der Waals surface area contributed by atoms with E-state index in [0.29, 0.717) is 6.04 Å². The first-order valence-corrected chi connectivity index (χ1v) is 5.41. The van der Waals surface area contributed by atoms with Gasteiger partial charge < -0.3 is 9.73 Å². The van der Waals surface area contributed by atoms with Gasteiger partial charge in [0.05, 0.1) is 0 Å². The van der Waals surface area contributed by atoms with Gasteiger partial charge in [-0.2, -0.15) is 0 Å². The Morgan fingerprint density at radius 1 is 1.54 bits per heavy atom. The van der Waals surface area contributed by atoms with E-state index in [0.717, 1.165) is 10.4 Å². The third-order valence-electron chi connectivity index (χ3n) is 3.11. The lowest BCUT2D eigenvalue weighted by Gasteiger charge is -2.20. The molecular weight excluding hydrogens is 230 g/mol. The lowest BCUT2D eigenvalue weighted by molar-refractivity contribution is 0.376. The highest BCUT2D eigenvalue weighted by molar-refractivity contribution is 9.10. The number of hydrogen-bond acceptors (Lipinski definition) is 2. The first-order chi connectivity index (χ1) is 6.19. The molecule has 1 atom stereocenters. The molecule has 72 valence electrons. The molecule has 0 spiro atoms. The summed E-state index contributed by atoms with van der Waals surface area (Å²) in [5.74, 6) is 1.11. The Balaban J connectivity index is 2.25. The zero-order chi connectivity index (χ0) is 9.47. The van der Waals surface area contributed by atoms with E-state index in [1.165, 1.54) is 12.8 Å². The first-order valence-electron chi connectivity index (χ1n) is 4.62. The molecule has 0 amide bonds. The van der Waals surface area contributed by atoms with Gasteiger partial charge in [-0.05, 0) is 54.9 Å². The molecule has 1 saturated carbocycles. The van der Waals surface area contributed by atoms with Crippen molar-refractivity contribution in [2.75, 3.05) is 7.05 Å². The lowest BCUT2D eigenvalue weighted by atomic mass is 9.95. The van der Waals surface area contributed by atoms with Crippen molar-refractivity contribution in [3.63, 3.8) is 0 Å². The van der Waals surface area contributed by atoms with Crippen LogP contribution in [0.1, 0.15) is 25.5 Å². The van der Waals surface area contributed by atoms with E-state index in [1.54, 1.807) is 0 Å². The van der Waals surface area contributed by atoms with Crippen LogP contribution in [0, 0.1) is 0 Å². The number of furan rings is 1. The molecule has 1 aromatic rings. The number of rotatable bonds is 3. The summed E-state index contributed by atoms with van der Waals surface area (Å²) >= 11 is 3.34. The summed E-state index contributed by atoms with van der Waals surface area (Å²) in [6.45, 7) is 2.21. The molecule has 0 aliphatic heterocycles. The number of likely N-dealkylation sites (N-methyl/N-ethyl adjacent to an activating group) is 1. The highest BCUT2D eigenvalue weighted by Gasteiger charge is 2.50. The van der Waals surface area contributed by atoms with Crippen LogP contribution in [0.25, 0.3) is 0 Å². The Hall–Kier alpha value is -0.280. The van der Waals surface area contributed by atoms with E-state index >= 15 is 0 Å². The van der Waals surface area contributed by atoms with Crippen LogP contribution in [0.5, 0.6) is 0 Å². The molecule has 1 N–H and O–H groups in total. The maximum atomic E-state index is 5.61. The van der Waals surface area contributed by atoms with Gasteiger partial charge >= 0.3 is 0 Å². The van der Waals surface area contributed by atoms with E-state index in [2.05, 4.69) is 34.2 Å². The molecule has 2 nitrogen and oxygen atoms in total. The van der Waals surface area contributed by atoms with Crippen LogP contribution in [0.3, 0.4) is 0 Å². The number of hydrogen-bond donors (Lipinski definition) is 1. The van der Waals surface area contributed by atoms with Crippen molar-refractivity contribution in [1.29, 1.82) is 0 Å². The highest BCUT2D eigenvalue weighted by Crippen LogP contribution is 2.51. The van der Waals surface area contributed by atoms with Crippen molar-refractivity contribution in [1.82, 2.24) is 5.32 Å². The van der Waals surface area contributed by atoms with Gasteiger partial charge in [0.1, 0.15) is 5.76 Å². The molecule has 0 radical (unpaired) electrons. The molecule has 1 aromatic heterocycles. The van der Waals surface area contributed by atoms with Gasteiger partial charge in [-0.3, -0.25) is 0 Å². The van der Waals surface area contributed by atoms with Crippen LogP contribution in [0.15, 0.2) is 21.2 Å². The average Bonchev–Trinajstić information content (AvgIpc) is 2.83. The van der Waals surface area contributed by atoms with Crippen LogP contribution in [0.2, 0.25) is 0 Å². The predicted octanol–water partition coefficient (Wildman–Crippen LogP) is 2.68. The maximum absolute atomic E-state index is 5.61. The standard InChI is InChI=1S/C10H14BrNO/c1-7(12-2)10(5-6-10)8-3-4-9(11)13-8/h3-4,7,12H,5-6H2,1-2H3. The van der Waals surface area contributed by atoms with E-state index < -0.39 is 0 Å². The monoisotopic (exact) mass is 243 g/mol. The SMILES string of the molecule is CNC(C)C1(c2ccc(Br)o2)CC1. The predicted molar refractivity (Wildman–Crippen MR) is 55.8 cm³/mol. The normalized spacial score (nSPS) is 21.5. The summed E-state index contributed by atoms with van der Waals surface area (Å²) in [5.41, 5.74) is 0.265. The number of nitrogens with one attached hydrogen (secondary N) is 1. The highest BCUT2D eigenvalue weighted by atomic mass is 79.9. The van der Waals surface area contributed by atoms with Crippen molar-refractivity contribution < 1.29 is 4.42 Å². The fourth-order valence-corrected chi connectivity index (χ4v) is 2.19. The topological polar surface area (TPSA) is 25.2 Å². The van der Waals surface area contributed by atoms with Gasteiger partial charge in [-0.25, -0.2) is 0 Å². The first kappa shape index (κ1) is 9.28. The van der Waals surface area contributed by atoms with E-state index in [4.69, 9.17) is 4.42 Å². The lowest BCUT2D eigenvalue weighted by Crippen LogP contribution is -2.34. The summed E-state index contributed by atoms with van der Waals surface area (Å²) in [7, 11) is 2.00. The third kappa shape index (κ3) is 1.44. The molecule has 0 saturated heterocycles. The molecule has 1 unspecified atom stereocenters. The minimum atomic E-state index is 0.265. The molecule has 2 rings (SSSR count). The summed E-state index contributed by atoms with van der Waals surface area (Å²) in [5, 5.41) is 3.30. The van der Waals surface area contributed by atoms with Crippen LogP contribution < -0.4 is 5.32 Å². The van der Waals surface area contributed by atoms with Crippen molar-refractivity contribution in [3.05, 3.63) is 22.6 Å². The Labute approximate surface area is 86.8 Å². The zero-order valence-electron chi connectivity index (χ0n) is 7.93.